The SMILES string of the molecule is CCOC(=O)C1=C(C)N=c2s/c(=C\c3ccccc3OCc3ccc(C(=O)O)cc3)c(=O)n2[C@@H]1c1ccc(OC)c(Br)c1. The van der Waals surface area contributed by atoms with Crippen LogP contribution in [0, 0.1) is 0 Å². The van der Waals surface area contributed by atoms with E-state index in [2.05, 4.69) is 20.9 Å². The van der Waals surface area contributed by atoms with Crippen molar-refractivity contribution in [1.82, 2.24) is 4.57 Å². The van der Waals surface area contributed by atoms with E-state index in [1.165, 1.54) is 28.0 Å². The van der Waals surface area contributed by atoms with Crippen LogP contribution in [0.5, 0.6) is 11.5 Å². The van der Waals surface area contributed by atoms with Gasteiger partial charge in [-0.05, 0) is 77.3 Å². The van der Waals surface area contributed by atoms with Crippen LogP contribution in [0.15, 0.2) is 92.3 Å². The van der Waals surface area contributed by atoms with Crippen molar-refractivity contribution >= 4 is 45.3 Å². The van der Waals surface area contributed by atoms with E-state index in [1.54, 1.807) is 51.3 Å². The van der Waals surface area contributed by atoms with Gasteiger partial charge in [0.05, 0.1) is 45.6 Å². The summed E-state index contributed by atoms with van der Waals surface area (Å²) in [6.45, 7) is 3.85. The van der Waals surface area contributed by atoms with Crippen molar-refractivity contribution in [2.24, 2.45) is 4.99 Å². The van der Waals surface area contributed by atoms with Gasteiger partial charge in [0.15, 0.2) is 4.80 Å². The van der Waals surface area contributed by atoms with Gasteiger partial charge in [-0.2, -0.15) is 0 Å². The minimum absolute atomic E-state index is 0.180. The minimum Gasteiger partial charge on any atom is -0.496 e. The Morgan fingerprint density at radius 3 is 2.51 bits per heavy atom. The summed E-state index contributed by atoms with van der Waals surface area (Å²) in [5.41, 5.74) is 2.81. The number of esters is 1. The highest BCUT2D eigenvalue weighted by Gasteiger charge is 2.33. The van der Waals surface area contributed by atoms with Gasteiger partial charge in [-0.15, -0.1) is 0 Å². The molecule has 0 saturated carbocycles. The largest absolute Gasteiger partial charge is 0.496 e. The number of fused-ring (bicyclic) bond motifs is 1. The zero-order valence-electron chi connectivity index (χ0n) is 23.5. The Morgan fingerprint density at radius 2 is 1.84 bits per heavy atom. The molecule has 1 aromatic heterocycles. The van der Waals surface area contributed by atoms with Gasteiger partial charge in [-0.3, -0.25) is 9.36 Å². The quantitative estimate of drug-likeness (QED) is 0.255. The standard InChI is InChI=1S/C32H27BrN2O7S/c1-4-41-31(39)27-18(2)34-32-35(28(27)22-13-14-25(40-3)23(33)15-22)29(36)26(43-32)16-21-7-5-6-8-24(21)42-17-19-9-11-20(12-10-19)30(37)38/h5-16,28H,4,17H2,1-3H3,(H,37,38)/b26-16-/t28-/m1/s1. The van der Waals surface area contributed by atoms with E-state index >= 15 is 0 Å². The van der Waals surface area contributed by atoms with Crippen molar-refractivity contribution < 1.29 is 28.9 Å². The molecule has 0 unspecified atom stereocenters. The molecule has 1 atom stereocenters. The highest BCUT2D eigenvalue weighted by molar-refractivity contribution is 9.10. The van der Waals surface area contributed by atoms with E-state index in [-0.39, 0.29) is 29.9 Å². The molecule has 43 heavy (non-hydrogen) atoms. The number of thiazole rings is 1. The van der Waals surface area contributed by atoms with Crippen LogP contribution in [0.3, 0.4) is 0 Å². The number of hydrogen-bond acceptors (Lipinski definition) is 8. The van der Waals surface area contributed by atoms with E-state index in [1.807, 2.05) is 30.3 Å². The van der Waals surface area contributed by atoms with Crippen molar-refractivity contribution in [2.45, 2.75) is 26.5 Å². The number of nitrogens with zero attached hydrogens (tertiary/aromatic N) is 2. The Kier molecular flexibility index (Phi) is 8.93. The maximum Gasteiger partial charge on any atom is 0.338 e. The third-order valence-corrected chi connectivity index (χ3v) is 8.41. The molecule has 11 heteroatoms. The van der Waals surface area contributed by atoms with Gasteiger partial charge in [0.25, 0.3) is 5.56 Å². The fourth-order valence-electron chi connectivity index (χ4n) is 4.74. The maximum absolute atomic E-state index is 14.0. The Hall–Kier alpha value is -4.48. The van der Waals surface area contributed by atoms with E-state index < -0.39 is 18.0 Å². The fourth-order valence-corrected chi connectivity index (χ4v) is 6.33. The summed E-state index contributed by atoms with van der Waals surface area (Å²) in [5, 5.41) is 9.14. The molecular formula is C32H27BrN2O7S. The summed E-state index contributed by atoms with van der Waals surface area (Å²) in [5.74, 6) is -0.366. The number of rotatable bonds is 9. The topological polar surface area (TPSA) is 116 Å². The first-order chi connectivity index (χ1) is 20.7. The minimum atomic E-state index is -0.995. The summed E-state index contributed by atoms with van der Waals surface area (Å²) < 4.78 is 19.4. The molecule has 0 fully saturated rings. The highest BCUT2D eigenvalue weighted by atomic mass is 79.9. The Labute approximate surface area is 259 Å². The van der Waals surface area contributed by atoms with Gasteiger partial charge in [0.2, 0.25) is 0 Å². The molecular weight excluding hydrogens is 636 g/mol. The van der Waals surface area contributed by atoms with Crippen LogP contribution >= 0.6 is 27.3 Å². The molecule has 5 rings (SSSR count). The number of ether oxygens (including phenoxy) is 3. The van der Waals surface area contributed by atoms with E-state index in [4.69, 9.17) is 19.3 Å². The molecule has 0 bridgehead atoms. The van der Waals surface area contributed by atoms with Crippen LogP contribution in [0.25, 0.3) is 6.08 Å². The van der Waals surface area contributed by atoms with Crippen LogP contribution in [0.1, 0.15) is 46.9 Å². The predicted molar refractivity (Wildman–Crippen MR) is 165 cm³/mol. The number of aromatic nitrogens is 1. The summed E-state index contributed by atoms with van der Waals surface area (Å²) in [4.78, 5) is 43.4. The van der Waals surface area contributed by atoms with Crippen molar-refractivity contribution in [3.63, 3.8) is 0 Å². The van der Waals surface area contributed by atoms with E-state index in [0.717, 1.165) is 5.56 Å². The number of carbonyl (C=O) groups excluding carboxylic acids is 1. The molecule has 4 aromatic rings. The van der Waals surface area contributed by atoms with Crippen LogP contribution in [0.2, 0.25) is 0 Å². The van der Waals surface area contributed by atoms with Crippen LogP contribution < -0.4 is 24.4 Å². The lowest BCUT2D eigenvalue weighted by molar-refractivity contribution is -0.139. The second-order valence-electron chi connectivity index (χ2n) is 9.52. The Balaban J connectivity index is 1.57. The highest BCUT2D eigenvalue weighted by Crippen LogP contribution is 2.35. The molecule has 3 aromatic carbocycles. The molecule has 9 nitrogen and oxygen atoms in total. The Bertz CT molecular complexity index is 1930. The molecule has 220 valence electrons. The van der Waals surface area contributed by atoms with E-state index in [0.29, 0.717) is 42.1 Å². The first-order valence-electron chi connectivity index (χ1n) is 13.3. The molecule has 0 amide bonds. The first-order valence-corrected chi connectivity index (χ1v) is 14.9. The van der Waals surface area contributed by atoms with E-state index in [9.17, 15) is 14.4 Å². The van der Waals surface area contributed by atoms with Crippen molar-refractivity contribution in [1.29, 1.82) is 0 Å². The normalized spacial score (nSPS) is 14.6. The average Bonchev–Trinajstić information content (AvgIpc) is 3.30. The smallest absolute Gasteiger partial charge is 0.338 e. The van der Waals surface area contributed by atoms with Crippen LogP contribution in [-0.4, -0.2) is 35.3 Å². The number of carboxylic acid groups (broad SMARTS) is 1. The van der Waals surface area contributed by atoms with Crippen LogP contribution in [-0.2, 0) is 16.1 Å². The van der Waals surface area contributed by atoms with Crippen LogP contribution in [0.4, 0.5) is 0 Å². The van der Waals surface area contributed by atoms with Crippen molar-refractivity contribution in [3.8, 4) is 11.5 Å². The molecule has 1 aliphatic heterocycles. The number of allylic oxidation sites excluding steroid dienone is 1. The number of carboxylic acids is 1. The lowest BCUT2D eigenvalue weighted by atomic mass is 9.96. The summed E-state index contributed by atoms with van der Waals surface area (Å²) in [6.07, 6.45) is 1.75. The second-order valence-corrected chi connectivity index (χ2v) is 11.4. The average molecular weight is 664 g/mol. The van der Waals surface area contributed by atoms with Gasteiger partial charge in [0.1, 0.15) is 18.1 Å². The number of halogens is 1. The lowest BCUT2D eigenvalue weighted by Gasteiger charge is -2.25. The van der Waals surface area contributed by atoms with Crippen molar-refractivity contribution in [2.75, 3.05) is 13.7 Å². The third-order valence-electron chi connectivity index (χ3n) is 6.81. The number of aromatic carboxylic acids is 1. The summed E-state index contributed by atoms with van der Waals surface area (Å²) >= 11 is 4.74. The summed E-state index contributed by atoms with van der Waals surface area (Å²) in [6, 6.07) is 18.4. The monoisotopic (exact) mass is 662 g/mol. The third kappa shape index (κ3) is 6.18. The Morgan fingerprint density at radius 1 is 1.09 bits per heavy atom. The summed E-state index contributed by atoms with van der Waals surface area (Å²) in [7, 11) is 1.56. The predicted octanol–water partition coefficient (Wildman–Crippen LogP) is 4.85. The molecule has 0 spiro atoms. The van der Waals surface area contributed by atoms with Gasteiger partial charge in [0, 0.05) is 5.56 Å². The van der Waals surface area contributed by atoms with Gasteiger partial charge in [-0.1, -0.05) is 47.7 Å². The number of para-hydroxylation sites is 1. The molecule has 0 aliphatic carbocycles. The lowest BCUT2D eigenvalue weighted by Crippen LogP contribution is -2.40. The zero-order valence-corrected chi connectivity index (χ0v) is 25.9. The van der Waals surface area contributed by atoms with Crippen molar-refractivity contribution in [3.05, 3.63) is 124 Å². The second kappa shape index (κ2) is 12.8. The molecule has 1 aliphatic rings. The number of methoxy groups -OCH3 is 1. The molecule has 2 heterocycles. The van der Waals surface area contributed by atoms with Gasteiger partial charge in [-0.25, -0.2) is 14.6 Å². The van der Waals surface area contributed by atoms with Gasteiger partial charge < -0.3 is 19.3 Å². The first kappa shape index (κ1) is 30.0. The number of carbonyl (C=O) groups is 2. The molecule has 0 saturated heterocycles. The zero-order chi connectivity index (χ0) is 30.7. The maximum atomic E-state index is 14.0. The number of benzene rings is 3. The van der Waals surface area contributed by atoms with Gasteiger partial charge >= 0.3 is 11.9 Å². The molecule has 1 N–H and O–H groups in total. The fraction of sp³-hybridized carbons (Fsp3) is 0.188. The number of hydrogen-bond donors (Lipinski definition) is 1. The molecule has 0 radical (unpaired) electrons.